The van der Waals surface area contributed by atoms with E-state index in [9.17, 15) is 0 Å². The molecule has 0 amide bonds. The topological polar surface area (TPSA) is 113 Å². The summed E-state index contributed by atoms with van der Waals surface area (Å²) in [6.07, 6.45) is 9.00. The van der Waals surface area contributed by atoms with Gasteiger partial charge in [-0.15, -0.1) is 0 Å². The van der Waals surface area contributed by atoms with E-state index in [1.807, 2.05) is 50.2 Å². The van der Waals surface area contributed by atoms with Crippen LogP contribution in [0.4, 0.5) is 0 Å². The molecule has 36 heavy (non-hydrogen) atoms. The molecule has 0 aliphatic heterocycles. The summed E-state index contributed by atoms with van der Waals surface area (Å²) >= 11 is 0. The van der Waals surface area contributed by atoms with Gasteiger partial charge >= 0.3 is 21.1 Å². The van der Waals surface area contributed by atoms with Crippen LogP contribution in [0.3, 0.4) is 0 Å². The fourth-order valence-electron chi connectivity index (χ4n) is 4.15. The molecule has 6 aromatic heterocycles. The Hall–Kier alpha value is -3.91. The maximum atomic E-state index is 4.96. The van der Waals surface area contributed by atoms with Gasteiger partial charge in [-0.2, -0.15) is 0 Å². The molecule has 0 aromatic carbocycles. The average Bonchev–Trinajstić information content (AvgIpc) is 3.51. The predicted molar refractivity (Wildman–Crippen MR) is 128 cm³/mol. The van der Waals surface area contributed by atoms with Gasteiger partial charge in [0.25, 0.3) is 0 Å². The first-order chi connectivity index (χ1) is 16.9. The van der Waals surface area contributed by atoms with Crippen molar-refractivity contribution in [3.63, 3.8) is 0 Å². The van der Waals surface area contributed by atoms with Crippen LogP contribution >= 0.6 is 0 Å². The van der Waals surface area contributed by atoms with Crippen LogP contribution in [-0.4, -0.2) is 49.0 Å². The van der Waals surface area contributed by atoms with Gasteiger partial charge in [0.15, 0.2) is 0 Å². The normalized spacial score (nSPS) is 11.7. The number of pyridine rings is 2. The summed E-state index contributed by atoms with van der Waals surface area (Å²) in [5.74, 6) is 1.38. The standard InChI is InChI=1S/C25H20N10.Pt/c1-15-21-23(28-11-26-15)30-13-34(21)19-9-5-7-17(32-19)25(3,4)18-8-6-10-20(33-18)35-14-31-24-22(35)16(2)27-12-29-24;/h5-12H,1-4H3;/q-2;+2. The van der Waals surface area contributed by atoms with Gasteiger partial charge in [-0.3, -0.25) is 29.9 Å². The molecule has 0 saturated carbocycles. The fourth-order valence-corrected chi connectivity index (χ4v) is 4.15. The Labute approximate surface area is 221 Å². The monoisotopic (exact) mass is 655 g/mol. The molecular formula is C25H20N10Pt. The molecule has 0 aliphatic carbocycles. The van der Waals surface area contributed by atoms with Crippen LogP contribution in [-0.2, 0) is 26.5 Å². The zero-order valence-electron chi connectivity index (χ0n) is 19.9. The second kappa shape index (κ2) is 8.95. The van der Waals surface area contributed by atoms with Crippen molar-refractivity contribution in [2.75, 3.05) is 0 Å². The third kappa shape index (κ3) is 3.78. The Morgan fingerprint density at radius 2 is 1.11 bits per heavy atom. The van der Waals surface area contributed by atoms with Gasteiger partial charge in [-0.25, -0.2) is 0 Å². The molecule has 11 heteroatoms. The van der Waals surface area contributed by atoms with Crippen molar-refractivity contribution in [2.45, 2.75) is 33.1 Å². The van der Waals surface area contributed by atoms with Crippen molar-refractivity contribution >= 4 is 22.3 Å². The van der Waals surface area contributed by atoms with E-state index < -0.39 is 5.41 Å². The molecule has 0 spiro atoms. The number of nitrogens with zero attached hydrogens (tertiary/aromatic N) is 10. The van der Waals surface area contributed by atoms with Crippen LogP contribution < -0.4 is 0 Å². The van der Waals surface area contributed by atoms with E-state index in [2.05, 4.69) is 56.4 Å². The number of aromatic nitrogens is 10. The van der Waals surface area contributed by atoms with Crippen molar-refractivity contribution in [3.8, 4) is 11.6 Å². The Balaban J connectivity index is 0.00000267. The van der Waals surface area contributed by atoms with Gasteiger partial charge in [0.2, 0.25) is 0 Å². The average molecular weight is 656 g/mol. The minimum atomic E-state index is -0.504. The van der Waals surface area contributed by atoms with E-state index in [1.165, 1.54) is 12.7 Å². The third-order valence-electron chi connectivity index (χ3n) is 6.14. The molecule has 180 valence electrons. The molecule has 6 aromatic rings. The number of rotatable bonds is 4. The van der Waals surface area contributed by atoms with Gasteiger partial charge in [0.05, 0.1) is 22.9 Å². The second-order valence-electron chi connectivity index (χ2n) is 8.74. The quantitative estimate of drug-likeness (QED) is 0.266. The second-order valence-corrected chi connectivity index (χ2v) is 8.74. The summed E-state index contributed by atoms with van der Waals surface area (Å²) in [6, 6.07) is 11.8. The van der Waals surface area contributed by atoms with Crippen molar-refractivity contribution in [2.24, 2.45) is 0 Å². The first-order valence-electron chi connectivity index (χ1n) is 11.0. The van der Waals surface area contributed by atoms with E-state index in [0.717, 1.165) is 33.8 Å². The number of aryl methyl sites for hydroxylation is 2. The minimum absolute atomic E-state index is 0. The van der Waals surface area contributed by atoms with Gasteiger partial charge < -0.3 is 19.1 Å². The Kier molecular flexibility index (Phi) is 5.92. The van der Waals surface area contributed by atoms with Crippen molar-refractivity contribution in [1.29, 1.82) is 0 Å². The van der Waals surface area contributed by atoms with Crippen LogP contribution in [0, 0.1) is 26.5 Å². The molecule has 0 N–H and O–H groups in total. The Morgan fingerprint density at radius 3 is 1.56 bits per heavy atom. The molecule has 6 heterocycles. The number of fused-ring (bicyclic) bond motifs is 2. The van der Waals surface area contributed by atoms with Gasteiger partial charge in [-0.05, 0) is 50.9 Å². The van der Waals surface area contributed by atoms with E-state index >= 15 is 0 Å². The van der Waals surface area contributed by atoms with E-state index in [0.29, 0.717) is 22.9 Å². The maximum Gasteiger partial charge on any atom is 2.00 e. The van der Waals surface area contributed by atoms with Crippen LogP contribution in [0.15, 0.2) is 49.1 Å². The zero-order chi connectivity index (χ0) is 24.2. The maximum absolute atomic E-state index is 4.96. The fraction of sp³-hybridized carbons (Fsp3) is 0.200. The van der Waals surface area contributed by atoms with Crippen molar-refractivity contribution in [3.05, 3.63) is 84.5 Å². The summed E-state index contributed by atoms with van der Waals surface area (Å²) in [4.78, 5) is 35.6. The number of hydrogen-bond donors (Lipinski definition) is 0. The Bertz CT molecular complexity index is 1590. The minimum Gasteiger partial charge on any atom is -0.409 e. The van der Waals surface area contributed by atoms with Crippen LogP contribution in [0.1, 0.15) is 36.6 Å². The number of imidazole rings is 2. The summed E-state index contributed by atoms with van der Waals surface area (Å²) in [5, 5.41) is 0. The molecule has 0 aliphatic rings. The molecule has 0 fully saturated rings. The van der Waals surface area contributed by atoms with Crippen LogP contribution in [0.25, 0.3) is 34.0 Å². The summed E-state index contributed by atoms with van der Waals surface area (Å²) in [5.41, 5.74) is 5.57. The Morgan fingerprint density at radius 1 is 0.667 bits per heavy atom. The molecule has 0 unspecified atom stereocenters. The first-order valence-corrected chi connectivity index (χ1v) is 11.0. The van der Waals surface area contributed by atoms with Gasteiger partial charge in [0.1, 0.15) is 12.7 Å². The summed E-state index contributed by atoms with van der Waals surface area (Å²) in [6.45, 7) is 8.03. The molecule has 0 radical (unpaired) electrons. The molecule has 10 nitrogen and oxygen atoms in total. The van der Waals surface area contributed by atoms with Crippen molar-refractivity contribution in [1.82, 2.24) is 49.0 Å². The molecule has 0 bridgehead atoms. The largest absolute Gasteiger partial charge is 2.00 e. The molecule has 0 saturated heterocycles. The first kappa shape index (κ1) is 23.8. The zero-order valence-corrected chi connectivity index (χ0v) is 22.2. The summed E-state index contributed by atoms with van der Waals surface area (Å²) < 4.78 is 3.59. The SMILES string of the molecule is Cc1ncnc2n[c-]n(-c3cccc(C(C)(C)c4cccc(-n5[c-]nc6ncnc(C)c65)n4)n3)c12.[Pt+2]. The van der Waals surface area contributed by atoms with Crippen LogP contribution in [0.2, 0.25) is 0 Å². The molecular weight excluding hydrogens is 635 g/mol. The molecule has 0 atom stereocenters. The van der Waals surface area contributed by atoms with Crippen LogP contribution in [0.5, 0.6) is 0 Å². The predicted octanol–water partition coefficient (Wildman–Crippen LogP) is 3.28. The smallest absolute Gasteiger partial charge is 0.409 e. The third-order valence-corrected chi connectivity index (χ3v) is 6.14. The van der Waals surface area contributed by atoms with Gasteiger partial charge in [0, 0.05) is 40.8 Å². The van der Waals surface area contributed by atoms with E-state index in [4.69, 9.17) is 9.97 Å². The van der Waals surface area contributed by atoms with Crippen molar-refractivity contribution < 1.29 is 21.1 Å². The van der Waals surface area contributed by atoms with E-state index in [1.54, 1.807) is 9.13 Å². The molecule has 6 rings (SSSR count). The number of hydrogen-bond acceptors (Lipinski definition) is 8. The summed E-state index contributed by atoms with van der Waals surface area (Å²) in [7, 11) is 0. The van der Waals surface area contributed by atoms with E-state index in [-0.39, 0.29) is 21.1 Å². The van der Waals surface area contributed by atoms with Gasteiger partial charge in [-0.1, -0.05) is 24.3 Å².